The zero-order chi connectivity index (χ0) is 16.8. The number of carbonyl (C=O) groups is 1. The van der Waals surface area contributed by atoms with Gasteiger partial charge in [-0.25, -0.2) is 4.98 Å². The van der Waals surface area contributed by atoms with Crippen molar-refractivity contribution in [1.29, 1.82) is 5.26 Å². The molecule has 0 saturated heterocycles. The molecule has 4 nitrogen and oxygen atoms in total. The maximum Gasteiger partial charge on any atom is 0.232 e. The van der Waals surface area contributed by atoms with E-state index < -0.39 is 0 Å². The van der Waals surface area contributed by atoms with Gasteiger partial charge in [-0.3, -0.25) is 4.79 Å². The van der Waals surface area contributed by atoms with Crippen LogP contribution < -0.4 is 0 Å². The lowest BCUT2D eigenvalue weighted by molar-refractivity contribution is -0.127. The van der Waals surface area contributed by atoms with Crippen molar-refractivity contribution in [3.63, 3.8) is 0 Å². The van der Waals surface area contributed by atoms with E-state index in [1.165, 1.54) is 29.3 Å². The predicted octanol–water partition coefficient (Wildman–Crippen LogP) is 3.35. The van der Waals surface area contributed by atoms with Crippen LogP contribution in [0.15, 0.2) is 5.03 Å². The molecule has 0 bridgehead atoms. The van der Waals surface area contributed by atoms with E-state index in [0.29, 0.717) is 11.3 Å². The van der Waals surface area contributed by atoms with Crippen LogP contribution in [-0.2, 0) is 24.1 Å². The van der Waals surface area contributed by atoms with Crippen LogP contribution in [0, 0.1) is 11.3 Å². The highest BCUT2D eigenvalue weighted by atomic mass is 32.2. The lowest BCUT2D eigenvalue weighted by Crippen LogP contribution is -2.31. The molecule has 23 heavy (non-hydrogen) atoms. The Labute approximate surface area is 143 Å². The second-order valence-corrected chi connectivity index (χ2v) is 6.69. The number of amides is 1. The monoisotopic (exact) mass is 331 g/mol. The zero-order valence-corrected chi connectivity index (χ0v) is 15.1. The smallest absolute Gasteiger partial charge is 0.232 e. The Morgan fingerprint density at radius 1 is 1.22 bits per heavy atom. The number of carbonyl (C=O) groups excluding carboxylic acids is 1. The van der Waals surface area contributed by atoms with E-state index in [9.17, 15) is 10.1 Å². The Kier molecular flexibility index (Phi) is 6.47. The summed E-state index contributed by atoms with van der Waals surface area (Å²) in [4.78, 5) is 18.8. The first-order valence-electron chi connectivity index (χ1n) is 8.51. The van der Waals surface area contributed by atoms with Crippen molar-refractivity contribution in [2.75, 3.05) is 18.8 Å². The fourth-order valence-electron chi connectivity index (χ4n) is 3.18. The Bertz CT molecular complexity index is 618. The first kappa shape index (κ1) is 17.8. The largest absolute Gasteiger partial charge is 0.343 e. The number of nitrogens with zero attached hydrogens (tertiary/aromatic N) is 3. The summed E-state index contributed by atoms with van der Waals surface area (Å²) in [6, 6.07) is 2.35. The SMILES string of the molecule is CCc1nc(SCC(=O)N(CC)CC)c(C#N)c2c1CCCC2. The Morgan fingerprint density at radius 2 is 1.87 bits per heavy atom. The normalized spacial score (nSPS) is 13.3. The quantitative estimate of drug-likeness (QED) is 0.750. The molecule has 1 aliphatic carbocycles. The van der Waals surface area contributed by atoms with E-state index in [1.807, 2.05) is 18.7 Å². The van der Waals surface area contributed by atoms with Gasteiger partial charge in [-0.2, -0.15) is 5.26 Å². The van der Waals surface area contributed by atoms with Crippen LogP contribution >= 0.6 is 11.8 Å². The van der Waals surface area contributed by atoms with Crippen molar-refractivity contribution in [2.24, 2.45) is 0 Å². The van der Waals surface area contributed by atoms with Gasteiger partial charge in [0.2, 0.25) is 5.91 Å². The molecule has 0 saturated carbocycles. The van der Waals surface area contributed by atoms with Crippen LogP contribution in [0.3, 0.4) is 0 Å². The summed E-state index contributed by atoms with van der Waals surface area (Å²) in [5, 5.41) is 10.3. The molecule has 2 rings (SSSR count). The summed E-state index contributed by atoms with van der Waals surface area (Å²) in [6.07, 6.45) is 5.19. The molecule has 0 aliphatic heterocycles. The Balaban J connectivity index is 2.28. The lowest BCUT2D eigenvalue weighted by atomic mass is 9.87. The van der Waals surface area contributed by atoms with E-state index in [2.05, 4.69) is 13.0 Å². The molecule has 0 spiro atoms. The van der Waals surface area contributed by atoms with E-state index in [-0.39, 0.29) is 5.91 Å². The summed E-state index contributed by atoms with van der Waals surface area (Å²) in [6.45, 7) is 7.52. The average molecular weight is 331 g/mol. The van der Waals surface area contributed by atoms with Gasteiger partial charge in [0.05, 0.1) is 11.3 Å². The minimum Gasteiger partial charge on any atom is -0.343 e. The third kappa shape index (κ3) is 3.87. The molecule has 0 N–H and O–H groups in total. The van der Waals surface area contributed by atoms with Gasteiger partial charge in [0.25, 0.3) is 0 Å². The van der Waals surface area contributed by atoms with Crippen molar-refractivity contribution in [3.05, 3.63) is 22.4 Å². The minimum absolute atomic E-state index is 0.112. The van der Waals surface area contributed by atoms with Gasteiger partial charge in [0.1, 0.15) is 11.1 Å². The van der Waals surface area contributed by atoms with E-state index >= 15 is 0 Å². The summed E-state index contributed by atoms with van der Waals surface area (Å²) >= 11 is 1.42. The third-order valence-corrected chi connectivity index (χ3v) is 5.42. The number of aryl methyl sites for hydroxylation is 1. The summed E-state index contributed by atoms with van der Waals surface area (Å²) < 4.78 is 0. The van der Waals surface area contributed by atoms with Crippen molar-refractivity contribution in [2.45, 2.75) is 57.9 Å². The number of rotatable bonds is 6. The third-order valence-electron chi connectivity index (χ3n) is 4.46. The molecule has 0 fully saturated rings. The standard InChI is InChI=1S/C18H25N3OS/c1-4-16-14-10-8-7-9-13(14)15(11-19)18(20-16)23-12-17(22)21(5-2)6-3/h4-10,12H2,1-3H3. The fourth-order valence-corrected chi connectivity index (χ4v) is 4.12. The van der Waals surface area contributed by atoms with E-state index in [4.69, 9.17) is 4.98 Å². The zero-order valence-electron chi connectivity index (χ0n) is 14.3. The Morgan fingerprint density at radius 3 is 2.43 bits per heavy atom. The first-order valence-corrected chi connectivity index (χ1v) is 9.49. The highest BCUT2D eigenvalue weighted by Gasteiger charge is 2.22. The molecule has 1 amide bonds. The molecule has 124 valence electrons. The minimum atomic E-state index is 0.112. The highest BCUT2D eigenvalue weighted by Crippen LogP contribution is 2.32. The maximum atomic E-state index is 12.2. The summed E-state index contributed by atoms with van der Waals surface area (Å²) in [7, 11) is 0. The van der Waals surface area contributed by atoms with Crippen molar-refractivity contribution in [3.8, 4) is 6.07 Å². The van der Waals surface area contributed by atoms with Crippen LogP contribution in [0.2, 0.25) is 0 Å². The number of pyridine rings is 1. The number of nitriles is 1. The Hall–Kier alpha value is -1.54. The molecule has 0 atom stereocenters. The van der Waals surface area contributed by atoms with Gasteiger partial charge in [-0.05, 0) is 57.1 Å². The molecule has 0 aromatic carbocycles. The van der Waals surface area contributed by atoms with Crippen molar-refractivity contribution < 1.29 is 4.79 Å². The van der Waals surface area contributed by atoms with Gasteiger partial charge in [-0.15, -0.1) is 0 Å². The van der Waals surface area contributed by atoms with Crippen LogP contribution in [0.4, 0.5) is 0 Å². The van der Waals surface area contributed by atoms with E-state index in [1.54, 1.807) is 0 Å². The summed E-state index contributed by atoms with van der Waals surface area (Å²) in [5.74, 6) is 0.465. The molecule has 1 heterocycles. The van der Waals surface area contributed by atoms with Gasteiger partial charge in [-0.1, -0.05) is 18.7 Å². The van der Waals surface area contributed by atoms with Gasteiger partial charge >= 0.3 is 0 Å². The molecule has 1 aromatic rings. The van der Waals surface area contributed by atoms with Gasteiger partial charge < -0.3 is 4.90 Å². The number of thioether (sulfide) groups is 1. The topological polar surface area (TPSA) is 57.0 Å². The lowest BCUT2D eigenvalue weighted by Gasteiger charge is -2.22. The molecular weight excluding hydrogens is 306 g/mol. The molecule has 0 radical (unpaired) electrons. The molecular formula is C18H25N3OS. The van der Waals surface area contributed by atoms with Crippen molar-refractivity contribution >= 4 is 17.7 Å². The molecule has 1 aromatic heterocycles. The van der Waals surface area contributed by atoms with E-state index in [0.717, 1.165) is 49.5 Å². The van der Waals surface area contributed by atoms with Crippen LogP contribution in [0.25, 0.3) is 0 Å². The first-order chi connectivity index (χ1) is 11.2. The highest BCUT2D eigenvalue weighted by molar-refractivity contribution is 8.00. The summed E-state index contributed by atoms with van der Waals surface area (Å²) in [5.41, 5.74) is 4.28. The molecule has 5 heteroatoms. The van der Waals surface area contributed by atoms with Crippen molar-refractivity contribution in [1.82, 2.24) is 9.88 Å². The number of hydrogen-bond donors (Lipinski definition) is 0. The molecule has 1 aliphatic rings. The van der Waals surface area contributed by atoms with Gasteiger partial charge in [0, 0.05) is 18.8 Å². The second kappa shape index (κ2) is 8.35. The fraction of sp³-hybridized carbons (Fsp3) is 0.611. The molecule has 0 unspecified atom stereocenters. The van der Waals surface area contributed by atoms with Crippen LogP contribution in [-0.4, -0.2) is 34.6 Å². The number of hydrogen-bond acceptors (Lipinski definition) is 4. The average Bonchev–Trinajstić information content (AvgIpc) is 2.59. The number of fused-ring (bicyclic) bond motifs is 1. The van der Waals surface area contributed by atoms with Gasteiger partial charge in [0.15, 0.2) is 0 Å². The number of aromatic nitrogens is 1. The van der Waals surface area contributed by atoms with Crippen LogP contribution in [0.5, 0.6) is 0 Å². The second-order valence-electron chi connectivity index (χ2n) is 5.72. The maximum absolute atomic E-state index is 12.2. The predicted molar refractivity (Wildman–Crippen MR) is 93.6 cm³/mol. The van der Waals surface area contributed by atoms with Crippen LogP contribution in [0.1, 0.15) is 56.0 Å².